The maximum Gasteiger partial charge on any atom is 0.0523 e. The third-order valence-electron chi connectivity index (χ3n) is 2.06. The Balaban J connectivity index is 1.74. The van der Waals surface area contributed by atoms with Gasteiger partial charge in [-0.3, -0.25) is 0 Å². The SMILES string of the molecule is ClCC1CN1N1CC1CBr. The first-order chi connectivity index (χ1) is 4.86. The third-order valence-corrected chi connectivity index (χ3v) is 3.16. The van der Waals surface area contributed by atoms with Gasteiger partial charge in [0.05, 0.1) is 6.04 Å². The Labute approximate surface area is 74.2 Å². The maximum absolute atomic E-state index is 5.68. The summed E-state index contributed by atoms with van der Waals surface area (Å²) >= 11 is 9.13. The van der Waals surface area contributed by atoms with E-state index in [2.05, 4.69) is 25.9 Å². The minimum Gasteiger partial charge on any atom is -0.234 e. The summed E-state index contributed by atoms with van der Waals surface area (Å²) in [6.07, 6.45) is 0. The molecule has 0 aromatic carbocycles. The van der Waals surface area contributed by atoms with Gasteiger partial charge in [0.15, 0.2) is 0 Å². The van der Waals surface area contributed by atoms with E-state index >= 15 is 0 Å². The first-order valence-electron chi connectivity index (χ1n) is 3.52. The standard InChI is InChI=1S/C6H10BrClN2/c7-1-5-3-9(5)10-4-6(10)2-8/h5-6H,1-4H2. The van der Waals surface area contributed by atoms with Gasteiger partial charge in [-0.2, -0.15) is 0 Å². The predicted octanol–water partition coefficient (Wildman–Crippen LogP) is 0.904. The number of hydrogen-bond donors (Lipinski definition) is 0. The minimum absolute atomic E-state index is 0.644. The molecule has 2 nitrogen and oxygen atoms in total. The molecule has 0 spiro atoms. The zero-order valence-corrected chi connectivity index (χ0v) is 7.98. The highest BCUT2D eigenvalue weighted by atomic mass is 79.9. The van der Waals surface area contributed by atoms with E-state index in [9.17, 15) is 0 Å². The summed E-state index contributed by atoms with van der Waals surface area (Å²) in [5, 5.41) is 5.82. The summed E-state index contributed by atoms with van der Waals surface area (Å²) in [6, 6.07) is 1.40. The highest BCUT2D eigenvalue weighted by Crippen LogP contribution is 2.32. The number of nitrogens with zero attached hydrogens (tertiary/aromatic N) is 2. The molecule has 58 valence electrons. The van der Waals surface area contributed by atoms with Gasteiger partial charge < -0.3 is 0 Å². The molecular weight excluding hydrogens is 215 g/mol. The van der Waals surface area contributed by atoms with E-state index in [1.807, 2.05) is 0 Å². The van der Waals surface area contributed by atoms with Crippen LogP contribution >= 0.6 is 27.5 Å². The zero-order chi connectivity index (χ0) is 7.14. The average molecular weight is 226 g/mol. The fourth-order valence-corrected chi connectivity index (χ4v) is 2.02. The molecule has 4 atom stereocenters. The molecule has 2 aliphatic heterocycles. The van der Waals surface area contributed by atoms with Gasteiger partial charge in [0.25, 0.3) is 0 Å². The molecule has 0 bridgehead atoms. The van der Waals surface area contributed by atoms with Crippen molar-refractivity contribution < 1.29 is 0 Å². The second-order valence-corrected chi connectivity index (χ2v) is 3.82. The lowest BCUT2D eigenvalue weighted by Crippen LogP contribution is -2.13. The van der Waals surface area contributed by atoms with E-state index in [1.165, 1.54) is 13.1 Å². The quantitative estimate of drug-likeness (QED) is 0.520. The molecule has 2 rings (SSSR count). The largest absolute Gasteiger partial charge is 0.234 e. The van der Waals surface area contributed by atoms with Crippen molar-refractivity contribution in [2.24, 2.45) is 0 Å². The van der Waals surface area contributed by atoms with Crippen LogP contribution in [0.3, 0.4) is 0 Å². The molecule has 0 amide bonds. The molecule has 0 saturated carbocycles. The fraction of sp³-hybridized carbons (Fsp3) is 1.00. The lowest BCUT2D eigenvalue weighted by molar-refractivity contribution is 0.228. The van der Waals surface area contributed by atoms with Crippen LogP contribution in [0.15, 0.2) is 0 Å². The molecule has 0 aliphatic carbocycles. The first kappa shape index (κ1) is 7.35. The molecule has 2 fully saturated rings. The molecule has 2 heterocycles. The van der Waals surface area contributed by atoms with Gasteiger partial charge in [0.1, 0.15) is 0 Å². The molecule has 10 heavy (non-hydrogen) atoms. The third kappa shape index (κ3) is 1.20. The van der Waals surface area contributed by atoms with Crippen LogP contribution < -0.4 is 0 Å². The van der Waals surface area contributed by atoms with Crippen LogP contribution in [0.4, 0.5) is 0 Å². The van der Waals surface area contributed by atoms with Crippen molar-refractivity contribution in [1.82, 2.24) is 10.0 Å². The first-order valence-corrected chi connectivity index (χ1v) is 5.17. The lowest BCUT2D eigenvalue weighted by atomic mass is 10.6. The Hall–Kier alpha value is 0.690. The van der Waals surface area contributed by atoms with Crippen LogP contribution in [0, 0.1) is 0 Å². The summed E-state index contributed by atoms with van der Waals surface area (Å²) in [6.45, 7) is 2.39. The Morgan fingerprint density at radius 3 is 2.30 bits per heavy atom. The molecule has 0 aromatic heterocycles. The zero-order valence-electron chi connectivity index (χ0n) is 5.63. The summed E-state index contributed by atoms with van der Waals surface area (Å²) in [5.74, 6) is 0.783. The highest BCUT2D eigenvalue weighted by molar-refractivity contribution is 9.09. The summed E-state index contributed by atoms with van der Waals surface area (Å²) in [4.78, 5) is 0. The van der Waals surface area contributed by atoms with E-state index in [1.54, 1.807) is 0 Å². The summed E-state index contributed by atoms with van der Waals surface area (Å²) in [5.41, 5.74) is 0. The number of alkyl halides is 2. The average Bonchev–Trinajstić information content (AvgIpc) is 2.83. The Morgan fingerprint density at radius 1 is 1.30 bits per heavy atom. The van der Waals surface area contributed by atoms with Gasteiger partial charge >= 0.3 is 0 Å². The van der Waals surface area contributed by atoms with Crippen LogP contribution in [0.2, 0.25) is 0 Å². The van der Waals surface area contributed by atoms with Crippen molar-refractivity contribution in [1.29, 1.82) is 0 Å². The highest BCUT2D eigenvalue weighted by Gasteiger charge is 2.48. The van der Waals surface area contributed by atoms with E-state index in [4.69, 9.17) is 11.6 Å². The Bertz CT molecular complexity index is 128. The van der Waals surface area contributed by atoms with Gasteiger partial charge in [-0.05, 0) is 0 Å². The molecule has 4 heteroatoms. The van der Waals surface area contributed by atoms with Gasteiger partial charge in [-0.1, -0.05) is 15.9 Å². The molecule has 4 unspecified atom stereocenters. The number of hydrazine groups is 1. The van der Waals surface area contributed by atoms with Gasteiger partial charge in [-0.15, -0.1) is 11.6 Å². The van der Waals surface area contributed by atoms with Crippen molar-refractivity contribution in [3.8, 4) is 0 Å². The van der Waals surface area contributed by atoms with Crippen LogP contribution in [0.1, 0.15) is 0 Å². The second kappa shape index (κ2) is 2.63. The maximum atomic E-state index is 5.68. The van der Waals surface area contributed by atoms with Crippen molar-refractivity contribution >= 4 is 27.5 Å². The van der Waals surface area contributed by atoms with Crippen molar-refractivity contribution in [2.45, 2.75) is 12.1 Å². The van der Waals surface area contributed by atoms with E-state index in [0.717, 1.165) is 17.3 Å². The van der Waals surface area contributed by atoms with E-state index in [0.29, 0.717) is 6.04 Å². The predicted molar refractivity (Wildman–Crippen MR) is 45.5 cm³/mol. The minimum atomic E-state index is 0.644. The Kier molecular flexibility index (Phi) is 1.93. The van der Waals surface area contributed by atoms with Crippen LogP contribution in [-0.2, 0) is 0 Å². The van der Waals surface area contributed by atoms with Gasteiger partial charge in [0.2, 0.25) is 0 Å². The normalized spacial score (nSPS) is 51.0. The van der Waals surface area contributed by atoms with Crippen molar-refractivity contribution in [2.75, 3.05) is 24.3 Å². The van der Waals surface area contributed by atoms with E-state index in [-0.39, 0.29) is 0 Å². The molecule has 0 N–H and O–H groups in total. The molecular formula is C6H10BrClN2. The lowest BCUT2D eigenvalue weighted by Gasteiger charge is -2.01. The second-order valence-electron chi connectivity index (χ2n) is 2.86. The Morgan fingerprint density at radius 2 is 1.90 bits per heavy atom. The number of hydrogen-bond acceptors (Lipinski definition) is 2. The molecule has 2 aliphatic rings. The van der Waals surface area contributed by atoms with Crippen LogP contribution in [-0.4, -0.2) is 46.4 Å². The summed E-state index contributed by atoms with van der Waals surface area (Å²) < 4.78 is 0. The number of halogens is 2. The summed E-state index contributed by atoms with van der Waals surface area (Å²) in [7, 11) is 0. The van der Waals surface area contributed by atoms with Gasteiger partial charge in [0, 0.05) is 30.3 Å². The fourth-order valence-electron chi connectivity index (χ4n) is 1.22. The molecule has 2 saturated heterocycles. The van der Waals surface area contributed by atoms with Crippen molar-refractivity contribution in [3.63, 3.8) is 0 Å². The topological polar surface area (TPSA) is 6.02 Å². The van der Waals surface area contributed by atoms with Crippen molar-refractivity contribution in [3.05, 3.63) is 0 Å². The number of rotatable bonds is 3. The molecule has 0 aromatic rings. The molecule has 0 radical (unpaired) electrons. The van der Waals surface area contributed by atoms with Crippen LogP contribution in [0.25, 0.3) is 0 Å². The van der Waals surface area contributed by atoms with E-state index < -0.39 is 0 Å². The van der Waals surface area contributed by atoms with Gasteiger partial charge in [-0.25, -0.2) is 10.0 Å². The van der Waals surface area contributed by atoms with Crippen LogP contribution in [0.5, 0.6) is 0 Å². The smallest absolute Gasteiger partial charge is 0.0523 e. The monoisotopic (exact) mass is 224 g/mol.